The van der Waals surface area contributed by atoms with Gasteiger partial charge in [0.25, 0.3) is 0 Å². The van der Waals surface area contributed by atoms with Gasteiger partial charge in [-0.15, -0.1) is 0 Å². The van der Waals surface area contributed by atoms with Crippen molar-refractivity contribution in [3.63, 3.8) is 0 Å². The van der Waals surface area contributed by atoms with Crippen molar-refractivity contribution in [2.24, 2.45) is 0 Å². The third kappa shape index (κ3) is 3.72. The normalized spacial score (nSPS) is 16.6. The van der Waals surface area contributed by atoms with Crippen molar-refractivity contribution in [3.8, 4) is 5.75 Å². The van der Waals surface area contributed by atoms with E-state index in [1.807, 2.05) is 0 Å². The van der Waals surface area contributed by atoms with Gasteiger partial charge in [-0.1, -0.05) is 0 Å². The zero-order chi connectivity index (χ0) is 15.5. The molecule has 0 amide bonds. The number of aromatic carboxylic acids is 1. The molecule has 3 N–H and O–H groups in total. The number of piperidine rings is 1. The predicted molar refractivity (Wildman–Crippen MR) is 76.2 cm³/mol. The first kappa shape index (κ1) is 15.7. The zero-order valence-corrected chi connectivity index (χ0v) is 12.4. The molecule has 1 aliphatic rings. The lowest BCUT2D eigenvalue weighted by molar-refractivity contribution is 0.0693. The Morgan fingerprint density at radius 2 is 2.05 bits per heavy atom. The van der Waals surface area contributed by atoms with Gasteiger partial charge in [-0.3, -0.25) is 0 Å². The number of rotatable bonds is 5. The van der Waals surface area contributed by atoms with Crippen LogP contribution in [0.5, 0.6) is 5.75 Å². The molecular weight excluding hydrogens is 296 g/mol. The molecule has 0 unspecified atom stereocenters. The van der Waals surface area contributed by atoms with Gasteiger partial charge in [0.2, 0.25) is 10.0 Å². The van der Waals surface area contributed by atoms with Gasteiger partial charge in [-0.05, 0) is 44.1 Å². The molecule has 0 bridgehead atoms. The summed E-state index contributed by atoms with van der Waals surface area (Å²) in [5, 5.41) is 12.3. The highest BCUT2D eigenvalue weighted by Gasteiger charge is 2.23. The lowest BCUT2D eigenvalue weighted by Crippen LogP contribution is -2.42. The average Bonchev–Trinajstić information content (AvgIpc) is 2.47. The van der Waals surface area contributed by atoms with E-state index in [2.05, 4.69) is 10.0 Å². The van der Waals surface area contributed by atoms with Crippen molar-refractivity contribution in [2.45, 2.75) is 23.8 Å². The molecule has 8 heteroatoms. The Morgan fingerprint density at radius 1 is 1.38 bits per heavy atom. The number of carboxylic acid groups (broad SMARTS) is 1. The van der Waals surface area contributed by atoms with Crippen LogP contribution in [-0.4, -0.2) is 45.7 Å². The number of sulfonamides is 1. The van der Waals surface area contributed by atoms with Crippen molar-refractivity contribution in [1.29, 1.82) is 0 Å². The number of hydrogen-bond donors (Lipinski definition) is 3. The molecule has 0 atom stereocenters. The van der Waals surface area contributed by atoms with Crippen molar-refractivity contribution >= 4 is 16.0 Å². The average molecular weight is 314 g/mol. The molecule has 0 radical (unpaired) electrons. The van der Waals surface area contributed by atoms with Crippen LogP contribution in [0.4, 0.5) is 0 Å². The van der Waals surface area contributed by atoms with E-state index in [-0.39, 0.29) is 22.3 Å². The summed E-state index contributed by atoms with van der Waals surface area (Å²) < 4.78 is 32.2. The predicted octanol–water partition coefficient (Wildman–Crippen LogP) is 0.424. The highest BCUT2D eigenvalue weighted by Crippen LogP contribution is 2.23. The topological polar surface area (TPSA) is 105 Å². The first-order chi connectivity index (χ1) is 9.94. The van der Waals surface area contributed by atoms with E-state index in [1.54, 1.807) is 0 Å². The van der Waals surface area contributed by atoms with Crippen molar-refractivity contribution in [1.82, 2.24) is 10.0 Å². The maximum Gasteiger partial charge on any atom is 0.339 e. The molecule has 1 saturated heterocycles. The summed E-state index contributed by atoms with van der Waals surface area (Å²) in [5.74, 6) is -1.10. The fourth-order valence-corrected chi connectivity index (χ4v) is 3.58. The van der Waals surface area contributed by atoms with Crippen molar-refractivity contribution in [3.05, 3.63) is 23.8 Å². The molecule has 0 aliphatic carbocycles. The van der Waals surface area contributed by atoms with Gasteiger partial charge in [0, 0.05) is 6.04 Å². The maximum atomic E-state index is 12.3. The first-order valence-electron chi connectivity index (χ1n) is 6.58. The van der Waals surface area contributed by atoms with E-state index in [4.69, 9.17) is 9.84 Å². The monoisotopic (exact) mass is 314 g/mol. The molecule has 1 aromatic rings. The number of carboxylic acids is 1. The van der Waals surface area contributed by atoms with Crippen LogP contribution < -0.4 is 14.8 Å². The van der Waals surface area contributed by atoms with Gasteiger partial charge >= 0.3 is 5.97 Å². The summed E-state index contributed by atoms with van der Waals surface area (Å²) in [7, 11) is -2.40. The zero-order valence-electron chi connectivity index (χ0n) is 11.6. The number of nitrogens with one attached hydrogen (secondary N) is 2. The second-order valence-electron chi connectivity index (χ2n) is 4.81. The second kappa shape index (κ2) is 6.42. The Kier molecular flexibility index (Phi) is 4.81. The van der Waals surface area contributed by atoms with Crippen LogP contribution in [-0.2, 0) is 10.0 Å². The molecule has 1 heterocycles. The van der Waals surface area contributed by atoms with Crippen LogP contribution in [0, 0.1) is 0 Å². The number of methoxy groups -OCH3 is 1. The number of benzene rings is 1. The van der Waals surface area contributed by atoms with E-state index < -0.39 is 16.0 Å². The van der Waals surface area contributed by atoms with Crippen LogP contribution in [0.2, 0.25) is 0 Å². The Hall–Kier alpha value is -1.64. The summed E-state index contributed by atoms with van der Waals surface area (Å²) in [6, 6.07) is 3.67. The number of hydrogen-bond acceptors (Lipinski definition) is 5. The SMILES string of the molecule is COc1ccc(S(=O)(=O)NC2CCNCC2)cc1C(=O)O. The molecule has 0 saturated carbocycles. The Labute approximate surface area is 123 Å². The van der Waals surface area contributed by atoms with Crippen LogP contribution in [0.25, 0.3) is 0 Å². The van der Waals surface area contributed by atoms with Gasteiger partial charge in [-0.2, -0.15) is 0 Å². The number of carbonyl (C=O) groups is 1. The van der Waals surface area contributed by atoms with Crippen LogP contribution >= 0.6 is 0 Å². The Balaban J connectivity index is 2.27. The molecule has 2 rings (SSSR count). The summed E-state index contributed by atoms with van der Waals surface area (Å²) in [6.45, 7) is 1.52. The molecule has 21 heavy (non-hydrogen) atoms. The second-order valence-corrected chi connectivity index (χ2v) is 6.53. The molecule has 116 valence electrons. The minimum atomic E-state index is -3.74. The van der Waals surface area contributed by atoms with E-state index in [0.717, 1.165) is 19.2 Å². The van der Waals surface area contributed by atoms with Gasteiger partial charge in [0.1, 0.15) is 11.3 Å². The largest absolute Gasteiger partial charge is 0.496 e. The molecular formula is C13H18N2O5S. The fraction of sp³-hybridized carbons (Fsp3) is 0.462. The van der Waals surface area contributed by atoms with E-state index >= 15 is 0 Å². The van der Waals surface area contributed by atoms with Gasteiger partial charge in [0.05, 0.1) is 12.0 Å². The van der Waals surface area contributed by atoms with Crippen molar-refractivity contribution < 1.29 is 23.1 Å². The lowest BCUT2D eigenvalue weighted by atomic mass is 10.1. The summed E-state index contributed by atoms with van der Waals surface area (Å²) in [5.41, 5.74) is -0.175. The smallest absolute Gasteiger partial charge is 0.339 e. The third-order valence-corrected chi connectivity index (χ3v) is 4.89. The van der Waals surface area contributed by atoms with Crippen LogP contribution in [0.3, 0.4) is 0 Å². The van der Waals surface area contributed by atoms with E-state index in [9.17, 15) is 13.2 Å². The van der Waals surface area contributed by atoms with Gasteiger partial charge < -0.3 is 15.2 Å². The fourth-order valence-electron chi connectivity index (χ4n) is 2.25. The minimum absolute atomic E-state index is 0.0702. The Morgan fingerprint density at radius 3 is 2.62 bits per heavy atom. The Bertz CT molecular complexity index is 623. The highest BCUT2D eigenvalue weighted by molar-refractivity contribution is 7.89. The molecule has 1 aliphatic heterocycles. The highest BCUT2D eigenvalue weighted by atomic mass is 32.2. The molecule has 7 nitrogen and oxygen atoms in total. The van der Waals surface area contributed by atoms with Gasteiger partial charge in [-0.25, -0.2) is 17.9 Å². The maximum absolute atomic E-state index is 12.3. The summed E-state index contributed by atoms with van der Waals surface area (Å²) >= 11 is 0. The van der Waals surface area contributed by atoms with Crippen LogP contribution in [0.1, 0.15) is 23.2 Å². The van der Waals surface area contributed by atoms with E-state index in [0.29, 0.717) is 12.8 Å². The van der Waals surface area contributed by atoms with Crippen LogP contribution in [0.15, 0.2) is 23.1 Å². The minimum Gasteiger partial charge on any atom is -0.496 e. The first-order valence-corrected chi connectivity index (χ1v) is 8.07. The molecule has 1 fully saturated rings. The van der Waals surface area contributed by atoms with Gasteiger partial charge in [0.15, 0.2) is 0 Å². The third-order valence-electron chi connectivity index (χ3n) is 3.37. The molecule has 0 spiro atoms. The quantitative estimate of drug-likeness (QED) is 0.728. The summed E-state index contributed by atoms with van der Waals surface area (Å²) in [6.07, 6.45) is 1.42. The van der Waals surface area contributed by atoms with Crippen molar-refractivity contribution in [2.75, 3.05) is 20.2 Å². The van der Waals surface area contributed by atoms with E-state index in [1.165, 1.54) is 19.2 Å². The summed E-state index contributed by atoms with van der Waals surface area (Å²) in [4.78, 5) is 11.1. The standard InChI is InChI=1S/C13H18N2O5S/c1-20-12-3-2-10(8-11(12)13(16)17)21(18,19)15-9-4-6-14-7-5-9/h2-3,8-9,14-15H,4-7H2,1H3,(H,16,17). The molecule has 1 aromatic carbocycles. The molecule has 0 aromatic heterocycles. The lowest BCUT2D eigenvalue weighted by Gasteiger charge is -2.23. The number of ether oxygens (including phenoxy) is 1.